The van der Waals surface area contributed by atoms with Gasteiger partial charge >= 0.3 is 0 Å². The smallest absolute Gasteiger partial charge is 0.226 e. The predicted octanol–water partition coefficient (Wildman–Crippen LogP) is 3.48. The second-order valence-electron chi connectivity index (χ2n) is 7.10. The number of imidazole rings is 1. The van der Waals surface area contributed by atoms with Crippen LogP contribution >= 0.6 is 0 Å². The van der Waals surface area contributed by atoms with Crippen molar-refractivity contribution in [2.45, 2.75) is 71.4 Å². The van der Waals surface area contributed by atoms with Gasteiger partial charge in [0.15, 0.2) is 0 Å². The van der Waals surface area contributed by atoms with Gasteiger partial charge in [0.05, 0.1) is 6.33 Å². The van der Waals surface area contributed by atoms with E-state index in [1.165, 1.54) is 19.3 Å². The normalized spacial score (nSPS) is 26.9. The van der Waals surface area contributed by atoms with Crippen LogP contribution in [0.15, 0.2) is 18.7 Å². The molecular weight excluding hydrogens is 274 g/mol. The first-order chi connectivity index (χ1) is 10.7. The Kier molecular flexibility index (Phi) is 4.55. The zero-order valence-corrected chi connectivity index (χ0v) is 14.0. The van der Waals surface area contributed by atoms with E-state index in [1.807, 2.05) is 18.7 Å². The number of hydrogen-bond donors (Lipinski definition) is 0. The number of hydrogen-bond acceptors (Lipinski definition) is 2. The number of nitrogens with zero attached hydrogens (tertiary/aromatic N) is 3. The van der Waals surface area contributed by atoms with Crippen molar-refractivity contribution in [1.29, 1.82) is 0 Å². The molecule has 1 saturated carbocycles. The molecule has 4 heteroatoms. The van der Waals surface area contributed by atoms with Gasteiger partial charge in [-0.2, -0.15) is 0 Å². The lowest BCUT2D eigenvalue weighted by Crippen LogP contribution is -2.45. The summed E-state index contributed by atoms with van der Waals surface area (Å²) in [5.41, 5.74) is 0.323. The molecule has 1 aromatic heterocycles. The minimum atomic E-state index is 0.302. The number of aryl methyl sites for hydroxylation is 1. The van der Waals surface area contributed by atoms with Crippen LogP contribution in [-0.2, 0) is 11.3 Å². The Balaban J connectivity index is 1.61. The molecule has 0 N–H and O–H groups in total. The third kappa shape index (κ3) is 2.92. The SMILES string of the molecule is CCC1(CC)C[C@@H]1C(=O)N1CCCC[C@@H]1CCn1ccnc1. The average molecular weight is 303 g/mol. The molecule has 0 bridgehead atoms. The number of likely N-dealkylation sites (tertiary alicyclic amines) is 1. The maximum atomic E-state index is 13.0. The molecule has 2 heterocycles. The number of aromatic nitrogens is 2. The summed E-state index contributed by atoms with van der Waals surface area (Å²) >= 11 is 0. The Morgan fingerprint density at radius 3 is 2.77 bits per heavy atom. The maximum Gasteiger partial charge on any atom is 0.226 e. The van der Waals surface area contributed by atoms with Gasteiger partial charge in [-0.05, 0) is 50.4 Å². The summed E-state index contributed by atoms with van der Waals surface area (Å²) in [6.45, 7) is 6.41. The topological polar surface area (TPSA) is 38.1 Å². The Morgan fingerprint density at radius 1 is 1.32 bits per heavy atom. The number of carbonyl (C=O) groups is 1. The molecule has 0 aromatic carbocycles. The first kappa shape index (κ1) is 15.6. The lowest BCUT2D eigenvalue weighted by Gasteiger charge is -2.36. The molecule has 1 aliphatic carbocycles. The number of rotatable bonds is 6. The summed E-state index contributed by atoms with van der Waals surface area (Å²) in [5.74, 6) is 0.746. The third-order valence-corrected chi connectivity index (χ3v) is 6.09. The van der Waals surface area contributed by atoms with Gasteiger partial charge in [0, 0.05) is 37.4 Å². The monoisotopic (exact) mass is 303 g/mol. The van der Waals surface area contributed by atoms with Gasteiger partial charge < -0.3 is 9.47 Å². The second-order valence-corrected chi connectivity index (χ2v) is 7.10. The number of piperidine rings is 1. The lowest BCUT2D eigenvalue weighted by atomic mass is 9.94. The van der Waals surface area contributed by atoms with Crippen molar-refractivity contribution < 1.29 is 4.79 Å². The zero-order chi connectivity index (χ0) is 15.6. The first-order valence-electron chi connectivity index (χ1n) is 8.96. The van der Waals surface area contributed by atoms with Gasteiger partial charge in [0.25, 0.3) is 0 Å². The van der Waals surface area contributed by atoms with E-state index in [0.717, 1.165) is 38.8 Å². The van der Waals surface area contributed by atoms with Crippen LogP contribution in [0.4, 0.5) is 0 Å². The molecule has 2 fully saturated rings. The van der Waals surface area contributed by atoms with Crippen molar-refractivity contribution in [3.8, 4) is 0 Å². The molecule has 122 valence electrons. The van der Waals surface area contributed by atoms with Crippen molar-refractivity contribution >= 4 is 5.91 Å². The highest BCUT2D eigenvalue weighted by molar-refractivity contribution is 5.83. The van der Waals surface area contributed by atoms with Gasteiger partial charge in [-0.15, -0.1) is 0 Å². The van der Waals surface area contributed by atoms with Crippen LogP contribution < -0.4 is 0 Å². The van der Waals surface area contributed by atoms with Gasteiger partial charge in [-0.1, -0.05) is 13.8 Å². The molecule has 3 rings (SSSR count). The van der Waals surface area contributed by atoms with Crippen LogP contribution in [0.3, 0.4) is 0 Å². The predicted molar refractivity (Wildman–Crippen MR) is 87.3 cm³/mol. The fourth-order valence-electron chi connectivity index (χ4n) is 4.24. The molecule has 0 unspecified atom stereocenters. The van der Waals surface area contributed by atoms with Crippen LogP contribution in [0.5, 0.6) is 0 Å². The average Bonchev–Trinajstić information content (AvgIpc) is 3.07. The summed E-state index contributed by atoms with van der Waals surface area (Å²) in [6.07, 6.45) is 13.8. The van der Waals surface area contributed by atoms with Crippen LogP contribution in [-0.4, -0.2) is 32.9 Å². The second kappa shape index (κ2) is 6.43. The quantitative estimate of drug-likeness (QED) is 0.807. The molecule has 2 atom stereocenters. The van der Waals surface area contributed by atoms with E-state index in [4.69, 9.17) is 0 Å². The largest absolute Gasteiger partial charge is 0.339 e. The van der Waals surface area contributed by atoms with Crippen molar-refractivity contribution in [3.05, 3.63) is 18.7 Å². The Hall–Kier alpha value is -1.32. The van der Waals surface area contributed by atoms with E-state index in [-0.39, 0.29) is 0 Å². The van der Waals surface area contributed by atoms with Crippen LogP contribution in [0.25, 0.3) is 0 Å². The fourth-order valence-corrected chi connectivity index (χ4v) is 4.24. The van der Waals surface area contributed by atoms with Crippen LogP contribution in [0, 0.1) is 11.3 Å². The van der Waals surface area contributed by atoms with Crippen LogP contribution in [0.2, 0.25) is 0 Å². The third-order valence-electron chi connectivity index (χ3n) is 6.09. The summed E-state index contributed by atoms with van der Waals surface area (Å²) in [6, 6.07) is 0.427. The van der Waals surface area contributed by atoms with Gasteiger partial charge in [-0.3, -0.25) is 4.79 Å². The Labute approximate surface area is 133 Å². The van der Waals surface area contributed by atoms with Gasteiger partial charge in [-0.25, -0.2) is 4.98 Å². The molecule has 1 aromatic rings. The molecule has 2 aliphatic rings. The van der Waals surface area contributed by atoms with Crippen LogP contribution in [0.1, 0.15) is 58.8 Å². The molecule has 1 saturated heterocycles. The molecule has 1 amide bonds. The molecule has 22 heavy (non-hydrogen) atoms. The van der Waals surface area contributed by atoms with Crippen molar-refractivity contribution in [3.63, 3.8) is 0 Å². The highest BCUT2D eigenvalue weighted by Crippen LogP contribution is 2.58. The molecule has 0 radical (unpaired) electrons. The first-order valence-corrected chi connectivity index (χ1v) is 8.96. The van der Waals surface area contributed by atoms with E-state index < -0.39 is 0 Å². The van der Waals surface area contributed by atoms with Gasteiger partial charge in [0.1, 0.15) is 0 Å². The van der Waals surface area contributed by atoms with E-state index in [1.54, 1.807) is 0 Å². The summed E-state index contributed by atoms with van der Waals surface area (Å²) in [5, 5.41) is 0. The summed E-state index contributed by atoms with van der Waals surface area (Å²) < 4.78 is 2.12. The van der Waals surface area contributed by atoms with E-state index in [9.17, 15) is 4.79 Å². The van der Waals surface area contributed by atoms with E-state index in [0.29, 0.717) is 23.3 Å². The standard InChI is InChI=1S/C18H29N3O/c1-3-18(4-2)13-16(18)17(22)21-10-6-5-7-15(21)8-11-20-12-9-19-14-20/h9,12,14-16H,3-8,10-11,13H2,1-2H3/t15-,16-/m1/s1. The summed E-state index contributed by atoms with van der Waals surface area (Å²) in [7, 11) is 0. The van der Waals surface area contributed by atoms with Crippen molar-refractivity contribution in [2.75, 3.05) is 6.54 Å². The lowest BCUT2D eigenvalue weighted by molar-refractivity contribution is -0.137. The van der Waals surface area contributed by atoms with E-state index >= 15 is 0 Å². The van der Waals surface area contributed by atoms with Crippen molar-refractivity contribution in [1.82, 2.24) is 14.5 Å². The molecule has 4 nitrogen and oxygen atoms in total. The van der Waals surface area contributed by atoms with E-state index in [2.05, 4.69) is 28.3 Å². The highest BCUT2D eigenvalue weighted by Gasteiger charge is 2.56. The maximum absolute atomic E-state index is 13.0. The highest BCUT2D eigenvalue weighted by atomic mass is 16.2. The summed E-state index contributed by atoms with van der Waals surface area (Å²) in [4.78, 5) is 19.3. The minimum absolute atomic E-state index is 0.302. The van der Waals surface area contributed by atoms with Gasteiger partial charge in [0.2, 0.25) is 5.91 Å². The zero-order valence-electron chi connectivity index (χ0n) is 14.0. The molecule has 1 aliphatic heterocycles. The minimum Gasteiger partial charge on any atom is -0.339 e. The Morgan fingerprint density at radius 2 is 2.14 bits per heavy atom. The molecule has 0 spiro atoms. The fraction of sp³-hybridized carbons (Fsp3) is 0.778. The number of amides is 1. The van der Waals surface area contributed by atoms with Crippen molar-refractivity contribution in [2.24, 2.45) is 11.3 Å². The Bertz CT molecular complexity index is 492. The number of carbonyl (C=O) groups excluding carboxylic acids is 1. The molecular formula is C18H29N3O.